The van der Waals surface area contributed by atoms with Gasteiger partial charge in [0.15, 0.2) is 0 Å². The number of carbonyl (C=O) groups excluding carboxylic acids is 3. The van der Waals surface area contributed by atoms with Crippen molar-refractivity contribution in [3.63, 3.8) is 0 Å². The predicted molar refractivity (Wildman–Crippen MR) is 56.9 cm³/mol. The van der Waals surface area contributed by atoms with E-state index in [9.17, 15) is 14.4 Å². The third kappa shape index (κ3) is 2.10. The van der Waals surface area contributed by atoms with Crippen LogP contribution in [-0.4, -0.2) is 53.1 Å². The van der Waals surface area contributed by atoms with E-state index < -0.39 is 11.6 Å². The van der Waals surface area contributed by atoms with Crippen LogP contribution in [0.3, 0.4) is 0 Å². The van der Waals surface area contributed by atoms with Crippen molar-refractivity contribution in [3.8, 4) is 0 Å². The van der Waals surface area contributed by atoms with Gasteiger partial charge in [-0.1, -0.05) is 0 Å². The molecule has 0 aliphatic carbocycles. The summed E-state index contributed by atoms with van der Waals surface area (Å²) in [5, 5.41) is 13.4. The second kappa shape index (κ2) is 4.33. The SMILES string of the molecule is O=C1NC(=O)C2(CCN(C(=O)CCCO)C2)N1. The van der Waals surface area contributed by atoms with E-state index in [4.69, 9.17) is 5.11 Å². The predicted octanol–water partition coefficient (Wildman–Crippen LogP) is -1.43. The molecular formula is C10H15N3O4. The van der Waals surface area contributed by atoms with E-state index in [-0.39, 0.29) is 31.4 Å². The van der Waals surface area contributed by atoms with Crippen molar-refractivity contribution in [2.24, 2.45) is 0 Å². The molecule has 0 aromatic heterocycles. The van der Waals surface area contributed by atoms with Gasteiger partial charge >= 0.3 is 6.03 Å². The van der Waals surface area contributed by atoms with Gasteiger partial charge in [0.1, 0.15) is 5.54 Å². The minimum Gasteiger partial charge on any atom is -0.396 e. The minimum atomic E-state index is -0.939. The van der Waals surface area contributed by atoms with Gasteiger partial charge < -0.3 is 15.3 Å². The number of hydrogen-bond acceptors (Lipinski definition) is 4. The first-order valence-electron chi connectivity index (χ1n) is 5.60. The van der Waals surface area contributed by atoms with Gasteiger partial charge in [-0.05, 0) is 12.8 Å². The summed E-state index contributed by atoms with van der Waals surface area (Å²) in [6.45, 7) is 0.648. The van der Waals surface area contributed by atoms with Crippen LogP contribution in [0.1, 0.15) is 19.3 Å². The van der Waals surface area contributed by atoms with Gasteiger partial charge in [0, 0.05) is 19.6 Å². The Hall–Kier alpha value is -1.63. The molecule has 0 aromatic rings. The van der Waals surface area contributed by atoms with E-state index in [0.29, 0.717) is 19.4 Å². The average Bonchev–Trinajstić information content (AvgIpc) is 2.81. The van der Waals surface area contributed by atoms with E-state index in [2.05, 4.69) is 10.6 Å². The van der Waals surface area contributed by atoms with Crippen molar-refractivity contribution >= 4 is 17.8 Å². The number of hydrogen-bond donors (Lipinski definition) is 3. The number of aliphatic hydroxyl groups excluding tert-OH is 1. The molecule has 1 unspecified atom stereocenters. The Balaban J connectivity index is 1.97. The molecule has 0 aromatic carbocycles. The highest BCUT2D eigenvalue weighted by Gasteiger charge is 2.51. The fourth-order valence-corrected chi connectivity index (χ4v) is 2.23. The molecule has 0 radical (unpaired) electrons. The number of imide groups is 1. The summed E-state index contributed by atoms with van der Waals surface area (Å²) in [5.41, 5.74) is -0.939. The highest BCUT2D eigenvalue weighted by atomic mass is 16.3. The Morgan fingerprint density at radius 2 is 2.24 bits per heavy atom. The summed E-state index contributed by atoms with van der Waals surface area (Å²) in [6, 6.07) is -0.500. The Labute approximate surface area is 98.2 Å². The third-order valence-electron chi connectivity index (χ3n) is 3.19. The van der Waals surface area contributed by atoms with Gasteiger partial charge in [0.05, 0.1) is 6.54 Å². The highest BCUT2D eigenvalue weighted by Crippen LogP contribution is 2.25. The van der Waals surface area contributed by atoms with Crippen LogP contribution >= 0.6 is 0 Å². The quantitative estimate of drug-likeness (QED) is 0.527. The lowest BCUT2D eigenvalue weighted by Gasteiger charge is -2.20. The molecule has 4 amide bonds. The first-order chi connectivity index (χ1) is 8.07. The normalized spacial score (nSPS) is 27.5. The molecule has 7 nitrogen and oxygen atoms in total. The maximum atomic E-state index is 11.7. The summed E-state index contributed by atoms with van der Waals surface area (Å²) in [6.07, 6.45) is 1.12. The van der Waals surface area contributed by atoms with Crippen LogP contribution in [0, 0.1) is 0 Å². The largest absolute Gasteiger partial charge is 0.396 e. The van der Waals surface area contributed by atoms with E-state index in [1.165, 1.54) is 0 Å². The van der Waals surface area contributed by atoms with Crippen LogP contribution in [0.2, 0.25) is 0 Å². The number of rotatable bonds is 3. The molecule has 94 valence electrons. The number of amides is 4. The molecule has 1 atom stereocenters. The van der Waals surface area contributed by atoms with Crippen LogP contribution in [0.4, 0.5) is 4.79 Å². The second-order valence-electron chi connectivity index (χ2n) is 4.38. The highest BCUT2D eigenvalue weighted by molar-refractivity contribution is 6.07. The van der Waals surface area contributed by atoms with Crippen LogP contribution in [0.5, 0.6) is 0 Å². The lowest BCUT2D eigenvalue weighted by molar-refractivity contribution is -0.131. The van der Waals surface area contributed by atoms with Crippen LogP contribution in [-0.2, 0) is 9.59 Å². The fraction of sp³-hybridized carbons (Fsp3) is 0.700. The van der Waals surface area contributed by atoms with Gasteiger partial charge in [-0.25, -0.2) is 4.79 Å². The minimum absolute atomic E-state index is 0.0258. The molecule has 2 aliphatic heterocycles. The van der Waals surface area contributed by atoms with Crippen LogP contribution < -0.4 is 10.6 Å². The summed E-state index contributed by atoms with van der Waals surface area (Å²) >= 11 is 0. The lowest BCUT2D eigenvalue weighted by Crippen LogP contribution is -2.49. The standard InChI is InChI=1S/C10H15N3O4/c14-5-1-2-7(15)13-4-3-10(6-13)8(16)11-9(17)12-10/h14H,1-6H2,(H2,11,12,16,17). The molecule has 2 saturated heterocycles. The first kappa shape index (κ1) is 11.8. The zero-order valence-electron chi connectivity index (χ0n) is 9.36. The van der Waals surface area contributed by atoms with E-state index >= 15 is 0 Å². The zero-order valence-corrected chi connectivity index (χ0v) is 9.36. The molecule has 1 spiro atoms. The van der Waals surface area contributed by atoms with Gasteiger partial charge in [-0.3, -0.25) is 14.9 Å². The molecule has 2 aliphatic rings. The monoisotopic (exact) mass is 241 g/mol. The smallest absolute Gasteiger partial charge is 0.322 e. The molecule has 17 heavy (non-hydrogen) atoms. The average molecular weight is 241 g/mol. The lowest BCUT2D eigenvalue weighted by atomic mass is 9.99. The van der Waals surface area contributed by atoms with Crippen LogP contribution in [0.25, 0.3) is 0 Å². The Kier molecular flexibility index (Phi) is 3.01. The summed E-state index contributed by atoms with van der Waals surface area (Å²) in [5.74, 6) is -0.454. The summed E-state index contributed by atoms with van der Waals surface area (Å²) in [4.78, 5) is 36.0. The summed E-state index contributed by atoms with van der Waals surface area (Å²) in [7, 11) is 0. The van der Waals surface area contributed by atoms with E-state index in [1.807, 2.05) is 0 Å². The molecule has 2 heterocycles. The van der Waals surface area contributed by atoms with Crippen molar-refractivity contribution in [2.45, 2.75) is 24.8 Å². The number of urea groups is 1. The molecular weight excluding hydrogens is 226 g/mol. The molecule has 0 bridgehead atoms. The third-order valence-corrected chi connectivity index (χ3v) is 3.19. The maximum Gasteiger partial charge on any atom is 0.322 e. The van der Waals surface area contributed by atoms with Gasteiger partial charge in [-0.2, -0.15) is 0 Å². The number of carbonyl (C=O) groups is 3. The van der Waals surface area contributed by atoms with Crippen molar-refractivity contribution in [3.05, 3.63) is 0 Å². The molecule has 7 heteroatoms. The number of aliphatic hydroxyl groups is 1. The number of nitrogens with one attached hydrogen (secondary N) is 2. The Bertz CT molecular complexity index is 371. The van der Waals surface area contributed by atoms with E-state index in [1.54, 1.807) is 4.90 Å². The molecule has 3 N–H and O–H groups in total. The van der Waals surface area contributed by atoms with Gasteiger partial charge in [0.2, 0.25) is 5.91 Å². The zero-order chi connectivity index (χ0) is 12.5. The molecule has 2 fully saturated rings. The van der Waals surface area contributed by atoms with Crippen molar-refractivity contribution in [2.75, 3.05) is 19.7 Å². The van der Waals surface area contributed by atoms with Crippen molar-refractivity contribution < 1.29 is 19.5 Å². The second-order valence-corrected chi connectivity index (χ2v) is 4.38. The maximum absolute atomic E-state index is 11.7. The van der Waals surface area contributed by atoms with Crippen molar-refractivity contribution in [1.29, 1.82) is 0 Å². The van der Waals surface area contributed by atoms with Crippen molar-refractivity contribution in [1.82, 2.24) is 15.5 Å². The number of likely N-dealkylation sites (tertiary alicyclic amines) is 1. The van der Waals surface area contributed by atoms with Gasteiger partial charge in [-0.15, -0.1) is 0 Å². The van der Waals surface area contributed by atoms with E-state index in [0.717, 1.165) is 0 Å². The first-order valence-corrected chi connectivity index (χ1v) is 5.60. The Morgan fingerprint density at radius 1 is 1.47 bits per heavy atom. The molecule has 0 saturated carbocycles. The van der Waals surface area contributed by atoms with Crippen LogP contribution in [0.15, 0.2) is 0 Å². The summed E-state index contributed by atoms with van der Waals surface area (Å²) < 4.78 is 0. The fourth-order valence-electron chi connectivity index (χ4n) is 2.23. The molecule has 2 rings (SSSR count). The Morgan fingerprint density at radius 3 is 2.82 bits per heavy atom. The number of nitrogens with zero attached hydrogens (tertiary/aromatic N) is 1. The van der Waals surface area contributed by atoms with Gasteiger partial charge in [0.25, 0.3) is 5.91 Å². The topological polar surface area (TPSA) is 98.7 Å².